The number of carbonyl (C=O) groups excluding carboxylic acids is 3. The van der Waals surface area contributed by atoms with Gasteiger partial charge in [0.15, 0.2) is 0 Å². The van der Waals surface area contributed by atoms with Gasteiger partial charge in [-0.05, 0) is 30.0 Å². The van der Waals surface area contributed by atoms with E-state index in [-0.39, 0.29) is 31.2 Å². The molecule has 10 nitrogen and oxygen atoms in total. The molecule has 0 aliphatic carbocycles. The molecule has 1 fully saturated rings. The maximum atomic E-state index is 13.0. The Kier molecular flexibility index (Phi) is 10.2. The fourth-order valence-corrected chi connectivity index (χ4v) is 5.72. The highest BCUT2D eigenvalue weighted by Gasteiger charge is 2.30. The molecular formula is C30H41N5O5Si. The third kappa shape index (κ3) is 8.40. The standard InChI is InChI=1S/C30H41N5O5Si/c1-22-16-24(19-35(18-22)30(38)40-20-23-8-6-5-7-9-23)33-27-25-10-12-34(21-39-14-15-41(2,3)4)28(25)32-17-26(27)29(37)31-11-13-36/h5-10,12-13,17,22,24H,11,14-16,18-21H2,1-4H3,(H,31,37)(H,32,33)/t22-,24+/m0/s1. The number of fused-ring (bicyclic) bond motifs is 1. The Labute approximate surface area is 242 Å². The first-order chi connectivity index (χ1) is 19.6. The molecular weight excluding hydrogens is 538 g/mol. The smallest absolute Gasteiger partial charge is 0.410 e. The van der Waals surface area contributed by atoms with Crippen LogP contribution in [0.3, 0.4) is 0 Å². The number of ether oxygens (including phenoxy) is 2. The molecule has 0 unspecified atom stereocenters. The van der Waals surface area contributed by atoms with E-state index < -0.39 is 14.0 Å². The highest BCUT2D eigenvalue weighted by atomic mass is 28.3. The average molecular weight is 580 g/mol. The van der Waals surface area contributed by atoms with Gasteiger partial charge < -0.3 is 34.4 Å². The van der Waals surface area contributed by atoms with Gasteiger partial charge in [-0.1, -0.05) is 56.9 Å². The molecule has 2 atom stereocenters. The Morgan fingerprint density at radius 2 is 1.93 bits per heavy atom. The molecule has 0 spiro atoms. The number of carbonyl (C=O) groups is 3. The molecule has 3 heterocycles. The molecule has 220 valence electrons. The molecule has 1 saturated heterocycles. The van der Waals surface area contributed by atoms with Crippen LogP contribution >= 0.6 is 0 Å². The van der Waals surface area contributed by atoms with Crippen molar-refractivity contribution in [2.24, 2.45) is 5.92 Å². The number of nitrogens with zero attached hydrogens (tertiary/aromatic N) is 3. The van der Waals surface area contributed by atoms with Gasteiger partial charge in [0.1, 0.15) is 25.3 Å². The van der Waals surface area contributed by atoms with E-state index in [1.807, 2.05) is 47.2 Å². The number of nitrogens with one attached hydrogen (secondary N) is 2. The number of likely N-dealkylation sites (tertiary alicyclic amines) is 1. The van der Waals surface area contributed by atoms with E-state index in [0.29, 0.717) is 49.6 Å². The normalized spacial score (nSPS) is 17.3. The van der Waals surface area contributed by atoms with Crippen LogP contribution in [0.1, 0.15) is 29.3 Å². The van der Waals surface area contributed by atoms with Gasteiger partial charge in [-0.25, -0.2) is 9.78 Å². The van der Waals surface area contributed by atoms with Crippen LogP contribution < -0.4 is 10.6 Å². The summed E-state index contributed by atoms with van der Waals surface area (Å²) in [7, 11) is -1.21. The van der Waals surface area contributed by atoms with Crippen LogP contribution in [0, 0.1) is 5.92 Å². The zero-order valence-corrected chi connectivity index (χ0v) is 25.4. The Hall–Kier alpha value is -3.70. The summed E-state index contributed by atoms with van der Waals surface area (Å²) in [6, 6.07) is 12.5. The Bertz CT molecular complexity index is 1340. The predicted molar refractivity (Wildman–Crippen MR) is 162 cm³/mol. The van der Waals surface area contributed by atoms with Crippen molar-refractivity contribution >= 4 is 43.1 Å². The summed E-state index contributed by atoms with van der Waals surface area (Å²) in [5.41, 5.74) is 2.58. The molecule has 0 radical (unpaired) electrons. The number of amides is 2. The summed E-state index contributed by atoms with van der Waals surface area (Å²) in [5, 5.41) is 6.95. The predicted octanol–water partition coefficient (Wildman–Crippen LogP) is 4.74. The first-order valence-corrected chi connectivity index (χ1v) is 17.8. The van der Waals surface area contributed by atoms with Crippen LogP contribution in [0.25, 0.3) is 11.0 Å². The SMILES string of the molecule is C[C@H]1C[C@@H](Nc2c(C(=O)NCC=O)cnc3c2ccn3COCC[Si](C)(C)C)CN(C(=O)OCc2ccccc2)C1. The molecule has 1 aliphatic heterocycles. The van der Waals surface area contributed by atoms with E-state index >= 15 is 0 Å². The van der Waals surface area contributed by atoms with Crippen molar-refractivity contribution in [2.45, 2.75) is 58.4 Å². The minimum atomic E-state index is -1.21. The van der Waals surface area contributed by atoms with Crippen molar-refractivity contribution in [1.29, 1.82) is 0 Å². The van der Waals surface area contributed by atoms with Gasteiger partial charge in [0.2, 0.25) is 0 Å². The largest absolute Gasteiger partial charge is 0.445 e. The molecule has 41 heavy (non-hydrogen) atoms. The van der Waals surface area contributed by atoms with Crippen LogP contribution in [-0.2, 0) is 27.6 Å². The molecule has 2 N–H and O–H groups in total. The van der Waals surface area contributed by atoms with Crippen LogP contribution in [-0.4, -0.2) is 73.1 Å². The second-order valence-corrected chi connectivity index (χ2v) is 17.5. The minimum absolute atomic E-state index is 0.0935. The number of anilines is 1. The van der Waals surface area contributed by atoms with Crippen molar-refractivity contribution < 1.29 is 23.9 Å². The zero-order valence-electron chi connectivity index (χ0n) is 24.4. The molecule has 2 amide bonds. The second kappa shape index (κ2) is 13.8. The number of pyridine rings is 1. The van der Waals surface area contributed by atoms with Crippen molar-refractivity contribution in [1.82, 2.24) is 19.8 Å². The molecule has 4 rings (SSSR count). The third-order valence-electron chi connectivity index (χ3n) is 7.08. The number of aldehydes is 1. The average Bonchev–Trinajstić information content (AvgIpc) is 3.36. The quantitative estimate of drug-likeness (QED) is 0.181. The van der Waals surface area contributed by atoms with Crippen LogP contribution in [0.4, 0.5) is 10.5 Å². The van der Waals surface area contributed by atoms with E-state index in [1.54, 1.807) is 4.90 Å². The maximum absolute atomic E-state index is 13.0. The lowest BCUT2D eigenvalue weighted by molar-refractivity contribution is -0.107. The number of piperidine rings is 1. The maximum Gasteiger partial charge on any atom is 0.410 e. The topological polar surface area (TPSA) is 115 Å². The third-order valence-corrected chi connectivity index (χ3v) is 8.78. The second-order valence-electron chi connectivity index (χ2n) is 11.9. The number of hydrogen-bond acceptors (Lipinski definition) is 7. The minimum Gasteiger partial charge on any atom is -0.445 e. The summed E-state index contributed by atoms with van der Waals surface area (Å²) < 4.78 is 13.5. The van der Waals surface area contributed by atoms with Gasteiger partial charge in [0.05, 0.1) is 17.8 Å². The Morgan fingerprint density at radius 1 is 1.15 bits per heavy atom. The monoisotopic (exact) mass is 579 g/mol. The molecule has 1 aliphatic rings. The van der Waals surface area contributed by atoms with Crippen molar-refractivity contribution in [2.75, 3.05) is 31.6 Å². The van der Waals surface area contributed by atoms with Crippen LogP contribution in [0.15, 0.2) is 48.8 Å². The first-order valence-electron chi connectivity index (χ1n) is 14.1. The fourth-order valence-electron chi connectivity index (χ4n) is 4.96. The highest BCUT2D eigenvalue weighted by molar-refractivity contribution is 6.76. The van der Waals surface area contributed by atoms with E-state index in [0.717, 1.165) is 23.4 Å². The molecule has 1 aromatic carbocycles. The number of benzene rings is 1. The summed E-state index contributed by atoms with van der Waals surface area (Å²) >= 11 is 0. The number of aromatic nitrogens is 2. The summed E-state index contributed by atoms with van der Waals surface area (Å²) in [4.78, 5) is 43.2. The summed E-state index contributed by atoms with van der Waals surface area (Å²) in [5.74, 6) is -0.171. The summed E-state index contributed by atoms with van der Waals surface area (Å²) in [6.07, 6.45) is 4.52. The lowest BCUT2D eigenvalue weighted by Crippen LogP contribution is -2.48. The Balaban J connectivity index is 1.52. The molecule has 11 heteroatoms. The van der Waals surface area contributed by atoms with Crippen LogP contribution in [0.5, 0.6) is 0 Å². The molecule has 3 aromatic rings. The van der Waals surface area contributed by atoms with E-state index in [9.17, 15) is 14.4 Å². The first kappa shape index (κ1) is 30.3. The van der Waals surface area contributed by atoms with Crippen molar-refractivity contribution in [3.63, 3.8) is 0 Å². The van der Waals surface area contributed by atoms with Crippen molar-refractivity contribution in [3.05, 3.63) is 59.9 Å². The van der Waals surface area contributed by atoms with E-state index in [4.69, 9.17) is 9.47 Å². The van der Waals surface area contributed by atoms with Gasteiger partial charge >= 0.3 is 6.09 Å². The lowest BCUT2D eigenvalue weighted by atomic mass is 9.95. The van der Waals surface area contributed by atoms with Gasteiger partial charge in [0, 0.05) is 51.6 Å². The fraction of sp³-hybridized carbons (Fsp3) is 0.467. The highest BCUT2D eigenvalue weighted by Crippen LogP contribution is 2.30. The van der Waals surface area contributed by atoms with Gasteiger partial charge in [-0.2, -0.15) is 0 Å². The van der Waals surface area contributed by atoms with Gasteiger partial charge in [0.25, 0.3) is 5.91 Å². The lowest BCUT2D eigenvalue weighted by Gasteiger charge is -2.37. The number of hydrogen-bond donors (Lipinski definition) is 2. The summed E-state index contributed by atoms with van der Waals surface area (Å²) in [6.45, 7) is 11.2. The van der Waals surface area contributed by atoms with Gasteiger partial charge in [-0.15, -0.1) is 0 Å². The van der Waals surface area contributed by atoms with Crippen molar-refractivity contribution in [3.8, 4) is 0 Å². The van der Waals surface area contributed by atoms with E-state index in [1.165, 1.54) is 6.20 Å². The zero-order chi connectivity index (χ0) is 29.4. The Morgan fingerprint density at radius 3 is 2.66 bits per heavy atom. The van der Waals surface area contributed by atoms with Gasteiger partial charge in [-0.3, -0.25) is 4.79 Å². The number of rotatable bonds is 12. The van der Waals surface area contributed by atoms with Crippen LogP contribution in [0.2, 0.25) is 25.7 Å². The van der Waals surface area contributed by atoms with E-state index in [2.05, 4.69) is 42.2 Å². The molecule has 2 aromatic heterocycles. The molecule has 0 bridgehead atoms. The molecule has 0 saturated carbocycles.